The highest BCUT2D eigenvalue weighted by Gasteiger charge is 2.20. The minimum absolute atomic E-state index is 0.0398. The summed E-state index contributed by atoms with van der Waals surface area (Å²) < 4.78 is 0.853. The average Bonchev–Trinajstić information content (AvgIpc) is 2.33. The molecule has 5 heteroatoms. The molecule has 0 aliphatic carbocycles. The third-order valence-electron chi connectivity index (χ3n) is 3.11. The molecule has 1 aromatic rings. The number of thioether (sulfide) groups is 1. The van der Waals surface area contributed by atoms with Crippen LogP contribution in [0.4, 0.5) is 5.82 Å². The molecule has 0 saturated heterocycles. The smallest absolute Gasteiger partial charge is 0.137 e. The molecular weight excluding hydrogens is 322 g/mol. The summed E-state index contributed by atoms with van der Waals surface area (Å²) in [5.74, 6) is 3.03. The van der Waals surface area contributed by atoms with E-state index >= 15 is 0 Å². The van der Waals surface area contributed by atoms with E-state index in [2.05, 4.69) is 66.8 Å². The van der Waals surface area contributed by atoms with Crippen LogP contribution in [0.25, 0.3) is 0 Å². The molecule has 108 valence electrons. The van der Waals surface area contributed by atoms with Crippen LogP contribution in [-0.4, -0.2) is 35.1 Å². The van der Waals surface area contributed by atoms with Crippen molar-refractivity contribution in [2.45, 2.75) is 45.6 Å². The first kappa shape index (κ1) is 16.8. The summed E-state index contributed by atoms with van der Waals surface area (Å²) in [5.41, 5.74) is -0.0398. The van der Waals surface area contributed by atoms with Gasteiger partial charge < -0.3 is 4.90 Å². The number of aromatic nitrogens is 2. The van der Waals surface area contributed by atoms with Crippen LogP contribution in [0.15, 0.2) is 10.7 Å². The lowest BCUT2D eigenvalue weighted by Gasteiger charge is -2.27. The Balaban J connectivity index is 2.97. The van der Waals surface area contributed by atoms with Gasteiger partial charge in [-0.2, -0.15) is 11.8 Å². The Labute approximate surface area is 129 Å². The summed E-state index contributed by atoms with van der Waals surface area (Å²) in [6.07, 6.45) is 3.30. The molecule has 3 nitrogen and oxygen atoms in total. The molecule has 0 N–H and O–H groups in total. The van der Waals surface area contributed by atoms with E-state index in [1.165, 1.54) is 5.75 Å². The monoisotopic (exact) mass is 345 g/mol. The number of halogens is 1. The lowest BCUT2D eigenvalue weighted by atomic mass is 9.96. The molecule has 0 aliphatic rings. The Bertz CT molecular complexity index is 418. The van der Waals surface area contributed by atoms with Gasteiger partial charge >= 0.3 is 0 Å². The maximum atomic E-state index is 4.71. The molecule has 0 aliphatic heterocycles. The van der Waals surface area contributed by atoms with Gasteiger partial charge in [0.05, 0.1) is 0 Å². The Hall–Kier alpha value is -0.290. The van der Waals surface area contributed by atoms with E-state index in [-0.39, 0.29) is 5.41 Å². The Morgan fingerprint density at radius 1 is 1.37 bits per heavy atom. The first-order valence-corrected chi connectivity index (χ1v) is 8.71. The summed E-state index contributed by atoms with van der Waals surface area (Å²) in [7, 11) is 2.10. The van der Waals surface area contributed by atoms with Gasteiger partial charge in [-0.3, -0.25) is 0 Å². The summed E-state index contributed by atoms with van der Waals surface area (Å²) in [6, 6.07) is 2.47. The maximum Gasteiger partial charge on any atom is 0.137 e. The van der Waals surface area contributed by atoms with E-state index in [1.54, 1.807) is 0 Å². The fourth-order valence-electron chi connectivity index (χ4n) is 1.63. The number of nitrogens with zero attached hydrogens (tertiary/aromatic N) is 3. The van der Waals surface area contributed by atoms with Crippen LogP contribution in [0, 0.1) is 0 Å². The molecular formula is C14H24BrN3S. The first-order chi connectivity index (χ1) is 8.75. The van der Waals surface area contributed by atoms with E-state index < -0.39 is 0 Å². The van der Waals surface area contributed by atoms with Gasteiger partial charge in [0.15, 0.2) is 0 Å². The second-order valence-corrected chi connectivity index (χ2v) is 7.66. The van der Waals surface area contributed by atoms with Crippen molar-refractivity contribution in [2.24, 2.45) is 0 Å². The van der Waals surface area contributed by atoms with Crippen molar-refractivity contribution in [2.75, 3.05) is 24.0 Å². The number of rotatable bonds is 5. The molecule has 19 heavy (non-hydrogen) atoms. The average molecular weight is 346 g/mol. The molecule has 0 amide bonds. The zero-order valence-electron chi connectivity index (χ0n) is 12.7. The van der Waals surface area contributed by atoms with E-state index in [0.717, 1.165) is 22.7 Å². The normalized spacial score (nSPS) is 13.4. The quantitative estimate of drug-likeness (QED) is 0.750. The molecule has 1 heterocycles. The molecule has 1 rings (SSSR count). The molecule has 0 bridgehead atoms. The SMILES string of the molecule is CSCCC(C)N(C)c1cc(Br)nc(C(C)(C)C)n1. The van der Waals surface area contributed by atoms with Crippen LogP contribution < -0.4 is 4.90 Å². The van der Waals surface area contributed by atoms with Crippen molar-refractivity contribution in [1.82, 2.24) is 9.97 Å². The highest BCUT2D eigenvalue weighted by Crippen LogP contribution is 2.25. The maximum absolute atomic E-state index is 4.71. The van der Waals surface area contributed by atoms with Gasteiger partial charge in [-0.05, 0) is 41.3 Å². The van der Waals surface area contributed by atoms with E-state index in [4.69, 9.17) is 4.98 Å². The predicted molar refractivity (Wildman–Crippen MR) is 89.3 cm³/mol. The van der Waals surface area contributed by atoms with Crippen molar-refractivity contribution in [1.29, 1.82) is 0 Å². The highest BCUT2D eigenvalue weighted by molar-refractivity contribution is 9.10. The third kappa shape index (κ3) is 4.95. The van der Waals surface area contributed by atoms with Gasteiger partial charge in [0.2, 0.25) is 0 Å². The van der Waals surface area contributed by atoms with Crippen molar-refractivity contribution < 1.29 is 0 Å². The summed E-state index contributed by atoms with van der Waals surface area (Å²) in [5, 5.41) is 0. The van der Waals surface area contributed by atoms with Gasteiger partial charge in [0, 0.05) is 24.6 Å². The fourth-order valence-corrected chi connectivity index (χ4v) is 2.58. The largest absolute Gasteiger partial charge is 0.357 e. The molecule has 0 spiro atoms. The van der Waals surface area contributed by atoms with Crippen LogP contribution in [0.1, 0.15) is 39.9 Å². The van der Waals surface area contributed by atoms with Crippen LogP contribution >= 0.6 is 27.7 Å². The van der Waals surface area contributed by atoms with Crippen molar-refractivity contribution in [3.63, 3.8) is 0 Å². The molecule has 0 fully saturated rings. The van der Waals surface area contributed by atoms with Crippen molar-refractivity contribution in [3.8, 4) is 0 Å². The summed E-state index contributed by atoms with van der Waals surface area (Å²) >= 11 is 5.38. The lowest BCUT2D eigenvalue weighted by Crippen LogP contribution is -2.31. The van der Waals surface area contributed by atoms with Crippen LogP contribution in [-0.2, 0) is 5.41 Å². The second-order valence-electron chi connectivity index (χ2n) is 5.86. The fraction of sp³-hybridized carbons (Fsp3) is 0.714. The molecule has 0 aromatic carbocycles. The van der Waals surface area contributed by atoms with Gasteiger partial charge in [0.25, 0.3) is 0 Å². The van der Waals surface area contributed by atoms with Crippen LogP contribution in [0.3, 0.4) is 0 Å². The van der Waals surface area contributed by atoms with Gasteiger partial charge in [-0.15, -0.1) is 0 Å². The Kier molecular flexibility index (Phi) is 6.12. The summed E-state index contributed by atoms with van der Waals surface area (Å²) in [4.78, 5) is 11.4. The van der Waals surface area contributed by atoms with Crippen LogP contribution in [0.5, 0.6) is 0 Å². The first-order valence-electron chi connectivity index (χ1n) is 6.52. The van der Waals surface area contributed by atoms with Gasteiger partial charge in [-0.1, -0.05) is 20.8 Å². The molecule has 1 aromatic heterocycles. The van der Waals surface area contributed by atoms with E-state index in [9.17, 15) is 0 Å². The van der Waals surface area contributed by atoms with Crippen molar-refractivity contribution in [3.05, 3.63) is 16.5 Å². The molecule has 0 radical (unpaired) electrons. The standard InChI is InChI=1S/C14H24BrN3S/c1-10(7-8-19-6)18(5)12-9-11(15)16-13(17-12)14(2,3)4/h9-10H,7-8H2,1-6H3. The molecule has 1 atom stereocenters. The van der Waals surface area contributed by atoms with E-state index in [1.807, 2.05) is 17.8 Å². The minimum atomic E-state index is -0.0398. The number of hydrogen-bond donors (Lipinski definition) is 0. The third-order valence-corrected chi connectivity index (χ3v) is 4.16. The topological polar surface area (TPSA) is 29.0 Å². The Morgan fingerprint density at radius 3 is 2.53 bits per heavy atom. The second kappa shape index (κ2) is 6.93. The van der Waals surface area contributed by atoms with Crippen molar-refractivity contribution >= 4 is 33.5 Å². The molecule has 0 saturated carbocycles. The number of hydrogen-bond acceptors (Lipinski definition) is 4. The lowest BCUT2D eigenvalue weighted by molar-refractivity contribution is 0.540. The predicted octanol–water partition coefficient (Wildman–Crippen LogP) is 4.11. The Morgan fingerprint density at radius 2 is 2.00 bits per heavy atom. The highest BCUT2D eigenvalue weighted by atomic mass is 79.9. The summed E-state index contributed by atoms with van der Waals surface area (Å²) in [6.45, 7) is 8.64. The zero-order chi connectivity index (χ0) is 14.6. The minimum Gasteiger partial charge on any atom is -0.357 e. The molecule has 1 unspecified atom stereocenters. The van der Waals surface area contributed by atoms with Crippen LogP contribution in [0.2, 0.25) is 0 Å². The zero-order valence-corrected chi connectivity index (χ0v) is 15.1. The van der Waals surface area contributed by atoms with Gasteiger partial charge in [-0.25, -0.2) is 9.97 Å². The number of anilines is 1. The van der Waals surface area contributed by atoms with Gasteiger partial charge in [0.1, 0.15) is 16.2 Å². The van der Waals surface area contributed by atoms with E-state index in [0.29, 0.717) is 6.04 Å².